The van der Waals surface area contributed by atoms with Crippen molar-refractivity contribution in [2.24, 2.45) is 0 Å². The molecular weight excluding hydrogens is 530 g/mol. The van der Waals surface area contributed by atoms with E-state index in [4.69, 9.17) is 4.98 Å². The van der Waals surface area contributed by atoms with Crippen LogP contribution in [0.25, 0.3) is 39.1 Å². The van der Waals surface area contributed by atoms with E-state index in [1.54, 1.807) is 6.20 Å². The maximum Gasteiger partial charge on any atom is 0.165 e. The third-order valence-electron chi connectivity index (χ3n) is 8.16. The summed E-state index contributed by atoms with van der Waals surface area (Å²) in [7, 11) is 2.07. The molecule has 1 aliphatic rings. The predicted octanol–water partition coefficient (Wildman–Crippen LogP) is 7.01. The molecule has 7 heteroatoms. The van der Waals surface area contributed by atoms with Crippen LogP contribution in [0.2, 0.25) is 0 Å². The van der Waals surface area contributed by atoms with Crippen LogP contribution in [-0.2, 0) is 6.54 Å². The van der Waals surface area contributed by atoms with Crippen molar-refractivity contribution in [1.82, 2.24) is 35.1 Å². The van der Waals surface area contributed by atoms with E-state index in [1.165, 1.54) is 37.7 Å². The molecule has 0 bridgehead atoms. The van der Waals surface area contributed by atoms with E-state index < -0.39 is 0 Å². The summed E-state index contributed by atoms with van der Waals surface area (Å²) in [6.07, 6.45) is 9.95. The monoisotopic (exact) mass is 575 g/mol. The zero-order chi connectivity index (χ0) is 30.0. The third-order valence-corrected chi connectivity index (χ3v) is 8.16. The Balaban J connectivity index is 0.000000407. The number of aryl methyl sites for hydroxylation is 1. The summed E-state index contributed by atoms with van der Waals surface area (Å²) >= 11 is 0. The molecule has 1 saturated heterocycles. The first kappa shape index (κ1) is 30.4. The van der Waals surface area contributed by atoms with Gasteiger partial charge in [-0.15, -0.1) is 0 Å². The molecule has 0 radical (unpaired) electrons. The Morgan fingerprint density at radius 1 is 0.977 bits per heavy atom. The highest BCUT2D eigenvalue weighted by Gasteiger charge is 2.18. The van der Waals surface area contributed by atoms with Gasteiger partial charge < -0.3 is 10.6 Å². The second-order valence-corrected chi connectivity index (χ2v) is 11.4. The van der Waals surface area contributed by atoms with Gasteiger partial charge in [0.25, 0.3) is 0 Å². The van der Waals surface area contributed by atoms with Crippen LogP contribution in [0.15, 0.2) is 85.7 Å². The number of fused-ring (bicyclic) bond motifs is 3. The minimum absolute atomic E-state index is 0.657. The van der Waals surface area contributed by atoms with Gasteiger partial charge in [0, 0.05) is 47.9 Å². The minimum Gasteiger partial charge on any atom is -0.391 e. The highest BCUT2D eigenvalue weighted by Crippen LogP contribution is 2.33. The van der Waals surface area contributed by atoms with Crippen LogP contribution in [0.1, 0.15) is 50.3 Å². The normalized spacial score (nSPS) is 14.0. The Morgan fingerprint density at radius 3 is 2.44 bits per heavy atom. The second kappa shape index (κ2) is 14.9. The number of unbranched alkanes of at least 4 members (excludes halogenated alkanes) is 2. The van der Waals surface area contributed by atoms with E-state index in [-0.39, 0.29) is 0 Å². The van der Waals surface area contributed by atoms with E-state index >= 15 is 0 Å². The van der Waals surface area contributed by atoms with E-state index in [1.807, 2.05) is 29.8 Å². The summed E-state index contributed by atoms with van der Waals surface area (Å²) in [6, 6.07) is 24.2. The molecule has 1 fully saturated rings. The number of benzene rings is 2. The van der Waals surface area contributed by atoms with Gasteiger partial charge in [0.05, 0.1) is 11.4 Å². The van der Waals surface area contributed by atoms with E-state index in [0.29, 0.717) is 6.04 Å². The van der Waals surface area contributed by atoms with E-state index in [2.05, 4.69) is 101 Å². The van der Waals surface area contributed by atoms with Crippen molar-refractivity contribution in [3.05, 3.63) is 97.0 Å². The standard InChI is InChI=1S/C29H30N6.C7H15N/c1-20-16-27-31-18-24-17-26(22-6-4-3-5-7-22)28(32-29(24)35(27)33-20)23-10-8-21(9-11-23)19-34-14-12-25(30-2)13-15-34;1-3-5-6-7-8-4-2/h3-11,16-18,25,30H,12-15,19H2,1-2H3;4,8H,2-3,5-7H2,1H3. The molecule has 2 aromatic carbocycles. The first-order valence-electron chi connectivity index (χ1n) is 15.6. The average molecular weight is 576 g/mol. The lowest BCUT2D eigenvalue weighted by atomic mass is 9.97. The number of nitrogens with zero attached hydrogens (tertiary/aromatic N) is 5. The maximum atomic E-state index is 5.17. The third kappa shape index (κ3) is 7.66. The molecule has 2 N–H and O–H groups in total. The quantitative estimate of drug-likeness (QED) is 0.175. The van der Waals surface area contributed by atoms with Gasteiger partial charge >= 0.3 is 0 Å². The van der Waals surface area contributed by atoms with Gasteiger partial charge in [-0.2, -0.15) is 9.61 Å². The molecule has 1 aliphatic heterocycles. The molecule has 0 unspecified atom stereocenters. The highest BCUT2D eigenvalue weighted by atomic mass is 15.3. The molecule has 43 heavy (non-hydrogen) atoms. The lowest BCUT2D eigenvalue weighted by Gasteiger charge is -2.31. The summed E-state index contributed by atoms with van der Waals surface area (Å²) in [5, 5.41) is 12.1. The lowest BCUT2D eigenvalue weighted by Crippen LogP contribution is -2.40. The first-order valence-corrected chi connectivity index (χ1v) is 15.6. The van der Waals surface area contributed by atoms with Gasteiger partial charge in [0.15, 0.2) is 11.3 Å². The van der Waals surface area contributed by atoms with Crippen LogP contribution >= 0.6 is 0 Å². The fourth-order valence-corrected chi connectivity index (χ4v) is 5.70. The summed E-state index contributed by atoms with van der Waals surface area (Å²) in [6.45, 7) is 12.1. The van der Waals surface area contributed by atoms with Crippen molar-refractivity contribution in [2.75, 3.05) is 26.7 Å². The molecule has 4 heterocycles. The van der Waals surface area contributed by atoms with Gasteiger partial charge in [-0.25, -0.2) is 9.97 Å². The smallest absolute Gasteiger partial charge is 0.165 e. The van der Waals surface area contributed by atoms with Crippen LogP contribution in [0.5, 0.6) is 0 Å². The van der Waals surface area contributed by atoms with Crippen LogP contribution in [0.3, 0.4) is 0 Å². The molecular formula is C36H45N7. The van der Waals surface area contributed by atoms with Crippen molar-refractivity contribution in [2.45, 2.75) is 58.5 Å². The van der Waals surface area contributed by atoms with E-state index in [9.17, 15) is 0 Å². The van der Waals surface area contributed by atoms with Crippen molar-refractivity contribution >= 4 is 16.7 Å². The van der Waals surface area contributed by atoms with Crippen molar-refractivity contribution in [1.29, 1.82) is 0 Å². The van der Waals surface area contributed by atoms with Crippen molar-refractivity contribution in [3.8, 4) is 22.4 Å². The van der Waals surface area contributed by atoms with Crippen LogP contribution < -0.4 is 10.6 Å². The molecule has 7 nitrogen and oxygen atoms in total. The molecule has 224 valence electrons. The van der Waals surface area contributed by atoms with Crippen molar-refractivity contribution < 1.29 is 0 Å². The van der Waals surface area contributed by atoms with Gasteiger partial charge in [0.1, 0.15) is 0 Å². The van der Waals surface area contributed by atoms with Gasteiger partial charge in [0.2, 0.25) is 0 Å². The number of aromatic nitrogens is 4. The van der Waals surface area contributed by atoms with Gasteiger partial charge in [-0.3, -0.25) is 4.90 Å². The Hall–Kier alpha value is -4.07. The van der Waals surface area contributed by atoms with E-state index in [0.717, 1.165) is 70.9 Å². The Kier molecular flexibility index (Phi) is 10.5. The zero-order valence-corrected chi connectivity index (χ0v) is 25.9. The number of hydrogen-bond donors (Lipinski definition) is 2. The summed E-state index contributed by atoms with van der Waals surface area (Å²) < 4.78 is 1.85. The number of likely N-dealkylation sites (tertiary alicyclic amines) is 1. The molecule has 0 aliphatic carbocycles. The predicted molar refractivity (Wildman–Crippen MR) is 179 cm³/mol. The zero-order valence-electron chi connectivity index (χ0n) is 25.9. The molecule has 0 amide bonds. The number of piperidine rings is 1. The van der Waals surface area contributed by atoms with Gasteiger partial charge in [-0.05, 0) is 69.7 Å². The van der Waals surface area contributed by atoms with Crippen LogP contribution in [0, 0.1) is 6.92 Å². The Morgan fingerprint density at radius 2 is 1.74 bits per heavy atom. The first-order chi connectivity index (χ1) is 21.1. The molecule has 6 rings (SSSR count). The number of nitrogens with one attached hydrogen (secondary N) is 2. The molecule has 0 saturated carbocycles. The molecule has 5 aromatic rings. The van der Waals surface area contributed by atoms with Crippen molar-refractivity contribution in [3.63, 3.8) is 0 Å². The highest BCUT2D eigenvalue weighted by molar-refractivity contribution is 5.90. The Labute approximate surface area is 256 Å². The largest absolute Gasteiger partial charge is 0.391 e. The van der Waals surface area contributed by atoms with Crippen LogP contribution in [0.4, 0.5) is 0 Å². The van der Waals surface area contributed by atoms with Crippen LogP contribution in [-0.4, -0.2) is 57.2 Å². The number of pyridine rings is 1. The maximum absolute atomic E-state index is 5.17. The molecule has 3 aromatic heterocycles. The number of hydrogen-bond acceptors (Lipinski definition) is 6. The number of rotatable bonds is 10. The molecule has 0 spiro atoms. The molecule has 0 atom stereocenters. The topological polar surface area (TPSA) is 70.4 Å². The van der Waals surface area contributed by atoms with Gasteiger partial charge in [-0.1, -0.05) is 80.9 Å². The SMILES string of the molecule is C=CNCCCCC.CNC1CCN(Cc2ccc(-c3nc4c(cnc5cc(C)nn54)cc3-c3ccccc3)cc2)CC1. The fraction of sp³-hybridized carbons (Fsp3) is 0.361. The second-order valence-electron chi connectivity index (χ2n) is 11.4. The average Bonchev–Trinajstić information content (AvgIpc) is 3.45. The fourth-order valence-electron chi connectivity index (χ4n) is 5.70. The minimum atomic E-state index is 0.657. The summed E-state index contributed by atoms with van der Waals surface area (Å²) in [5.41, 5.74) is 8.24. The Bertz CT molecular complexity index is 1600. The lowest BCUT2D eigenvalue weighted by molar-refractivity contribution is 0.194. The summed E-state index contributed by atoms with van der Waals surface area (Å²) in [4.78, 5) is 12.3. The summed E-state index contributed by atoms with van der Waals surface area (Å²) in [5.74, 6) is 0.